The smallest absolute Gasteiger partial charge is 0.251 e. The Morgan fingerprint density at radius 1 is 1.12 bits per heavy atom. The number of benzene rings is 2. The topological polar surface area (TPSA) is 59.6 Å². The lowest BCUT2D eigenvalue weighted by atomic mass is 10.1. The summed E-state index contributed by atoms with van der Waals surface area (Å²) in [5, 5.41) is 6.28. The minimum absolute atomic E-state index is 0. The van der Waals surface area contributed by atoms with Gasteiger partial charge in [-0.1, -0.05) is 24.3 Å². The van der Waals surface area contributed by atoms with Gasteiger partial charge in [0.2, 0.25) is 0 Å². The fourth-order valence-electron chi connectivity index (χ4n) is 2.71. The average Bonchev–Trinajstić information content (AvgIpc) is 3.08. The molecule has 0 radical (unpaired) electrons. The molecule has 0 aliphatic carbocycles. The van der Waals surface area contributed by atoms with Crippen molar-refractivity contribution in [3.63, 3.8) is 0 Å². The molecule has 134 valence electrons. The molecule has 0 atom stereocenters. The lowest BCUT2D eigenvalue weighted by Crippen LogP contribution is -2.22. The van der Waals surface area contributed by atoms with Crippen molar-refractivity contribution in [1.82, 2.24) is 10.6 Å². The van der Waals surface area contributed by atoms with E-state index in [4.69, 9.17) is 9.47 Å². The molecule has 3 rings (SSSR count). The van der Waals surface area contributed by atoms with E-state index in [9.17, 15) is 4.79 Å². The van der Waals surface area contributed by atoms with Crippen molar-refractivity contribution in [2.45, 2.75) is 19.6 Å². The summed E-state index contributed by atoms with van der Waals surface area (Å²) in [7, 11) is 1.63. The van der Waals surface area contributed by atoms with Crippen molar-refractivity contribution in [2.75, 3.05) is 20.3 Å². The molecule has 0 spiro atoms. The van der Waals surface area contributed by atoms with Crippen LogP contribution in [-0.2, 0) is 24.4 Å². The highest BCUT2D eigenvalue weighted by Gasteiger charge is 2.11. The Bertz CT molecular complexity index is 722. The number of rotatable bonds is 7. The largest absolute Gasteiger partial charge is 0.491 e. The van der Waals surface area contributed by atoms with Gasteiger partial charge in [0.05, 0.1) is 6.61 Å². The maximum Gasteiger partial charge on any atom is 0.251 e. The second kappa shape index (κ2) is 9.42. The van der Waals surface area contributed by atoms with Gasteiger partial charge >= 0.3 is 0 Å². The van der Waals surface area contributed by atoms with Crippen molar-refractivity contribution in [2.24, 2.45) is 0 Å². The van der Waals surface area contributed by atoms with Crippen LogP contribution < -0.4 is 15.4 Å². The van der Waals surface area contributed by atoms with Crippen LogP contribution >= 0.6 is 12.4 Å². The maximum atomic E-state index is 12.3. The number of fused-ring (bicyclic) bond motifs is 1. The first-order chi connectivity index (χ1) is 11.8. The van der Waals surface area contributed by atoms with Gasteiger partial charge < -0.3 is 20.1 Å². The fraction of sp³-hybridized carbons (Fsp3) is 0.316. The van der Waals surface area contributed by atoms with Crippen molar-refractivity contribution in [3.8, 4) is 5.75 Å². The molecule has 0 fully saturated rings. The number of ether oxygens (including phenoxy) is 2. The van der Waals surface area contributed by atoms with Crippen LogP contribution in [0.4, 0.5) is 0 Å². The van der Waals surface area contributed by atoms with E-state index < -0.39 is 0 Å². The Morgan fingerprint density at radius 3 is 2.80 bits per heavy atom. The third-order valence-corrected chi connectivity index (χ3v) is 4.01. The number of hydrogen-bond acceptors (Lipinski definition) is 4. The summed E-state index contributed by atoms with van der Waals surface area (Å²) in [6.07, 6.45) is 0. The Kier molecular flexibility index (Phi) is 7.25. The van der Waals surface area contributed by atoms with E-state index in [1.54, 1.807) is 19.2 Å². The average molecular weight is 363 g/mol. The van der Waals surface area contributed by atoms with E-state index in [1.165, 1.54) is 11.1 Å². The molecule has 6 heteroatoms. The van der Waals surface area contributed by atoms with Crippen LogP contribution in [0.1, 0.15) is 27.0 Å². The molecule has 0 aromatic heterocycles. The van der Waals surface area contributed by atoms with E-state index in [-0.39, 0.29) is 18.3 Å². The zero-order valence-corrected chi connectivity index (χ0v) is 15.0. The van der Waals surface area contributed by atoms with Crippen LogP contribution in [0.2, 0.25) is 0 Å². The molecule has 0 saturated carbocycles. The van der Waals surface area contributed by atoms with E-state index in [0.717, 1.165) is 18.7 Å². The van der Waals surface area contributed by atoms with Crippen molar-refractivity contribution < 1.29 is 14.3 Å². The molecule has 1 aliphatic rings. The van der Waals surface area contributed by atoms with Crippen LogP contribution in [0.25, 0.3) is 0 Å². The molecule has 2 aromatic rings. The van der Waals surface area contributed by atoms with Gasteiger partial charge in [-0.15, -0.1) is 12.4 Å². The van der Waals surface area contributed by atoms with Crippen LogP contribution in [-0.4, -0.2) is 26.2 Å². The van der Waals surface area contributed by atoms with Crippen molar-refractivity contribution in [1.29, 1.82) is 0 Å². The molecule has 2 N–H and O–H groups in total. The second-order valence-electron chi connectivity index (χ2n) is 5.76. The van der Waals surface area contributed by atoms with Gasteiger partial charge in [-0.2, -0.15) is 0 Å². The predicted molar refractivity (Wildman–Crippen MR) is 99.2 cm³/mol. The number of hydrogen-bond donors (Lipinski definition) is 2. The van der Waals surface area contributed by atoms with Crippen LogP contribution in [0, 0.1) is 0 Å². The lowest BCUT2D eigenvalue weighted by molar-refractivity contribution is 0.0950. The van der Waals surface area contributed by atoms with Crippen molar-refractivity contribution in [3.05, 3.63) is 64.7 Å². The standard InChI is InChI=1S/C19H22N2O3.ClH/c1-23-7-8-24-18-4-2-3-15(10-18)19(22)21-11-14-5-6-16-12-20-13-17(16)9-14;/h2-6,9-10,20H,7-8,11-13H2,1H3,(H,21,22);1H. The van der Waals surface area contributed by atoms with Crippen LogP contribution in [0.3, 0.4) is 0 Å². The van der Waals surface area contributed by atoms with Crippen LogP contribution in [0.15, 0.2) is 42.5 Å². The Morgan fingerprint density at radius 2 is 1.96 bits per heavy atom. The monoisotopic (exact) mass is 362 g/mol. The first-order valence-corrected chi connectivity index (χ1v) is 8.07. The Hall–Kier alpha value is -2.08. The van der Waals surface area contributed by atoms with Gasteiger partial charge in [-0.25, -0.2) is 0 Å². The summed E-state index contributed by atoms with van der Waals surface area (Å²) >= 11 is 0. The third kappa shape index (κ3) is 5.19. The zero-order valence-electron chi connectivity index (χ0n) is 14.2. The molecule has 1 aliphatic heterocycles. The van der Waals surface area contributed by atoms with Gasteiger partial charge in [0, 0.05) is 32.3 Å². The molecule has 2 aromatic carbocycles. The summed E-state index contributed by atoms with van der Waals surface area (Å²) in [5.74, 6) is 0.564. The SMILES string of the molecule is COCCOc1cccc(C(=O)NCc2ccc3c(c2)CNC3)c1.Cl. The number of amides is 1. The number of halogens is 1. The fourth-order valence-corrected chi connectivity index (χ4v) is 2.71. The highest BCUT2D eigenvalue weighted by atomic mass is 35.5. The van der Waals surface area contributed by atoms with Crippen molar-refractivity contribution >= 4 is 18.3 Å². The number of carbonyl (C=O) groups excluding carboxylic acids is 1. The Balaban J connectivity index is 0.00000225. The van der Waals surface area contributed by atoms with Crippen LogP contribution in [0.5, 0.6) is 5.75 Å². The number of carbonyl (C=O) groups is 1. The molecule has 0 bridgehead atoms. The summed E-state index contributed by atoms with van der Waals surface area (Å²) in [5.41, 5.74) is 4.35. The molecular weight excluding hydrogens is 340 g/mol. The second-order valence-corrected chi connectivity index (χ2v) is 5.76. The van der Waals surface area contributed by atoms with E-state index in [0.29, 0.717) is 31.1 Å². The number of nitrogens with one attached hydrogen (secondary N) is 2. The number of methoxy groups -OCH3 is 1. The minimum Gasteiger partial charge on any atom is -0.491 e. The van der Waals surface area contributed by atoms with E-state index in [2.05, 4.69) is 28.8 Å². The third-order valence-electron chi connectivity index (χ3n) is 4.01. The molecular formula is C19H23ClN2O3. The van der Waals surface area contributed by atoms with Gasteiger partial charge in [0.15, 0.2) is 0 Å². The minimum atomic E-state index is -0.106. The molecule has 1 amide bonds. The molecule has 0 unspecified atom stereocenters. The first-order valence-electron chi connectivity index (χ1n) is 8.07. The normalized spacial score (nSPS) is 12.2. The molecule has 1 heterocycles. The highest BCUT2D eigenvalue weighted by Crippen LogP contribution is 2.17. The van der Waals surface area contributed by atoms with Gasteiger partial charge in [-0.05, 0) is 34.9 Å². The molecule has 5 nitrogen and oxygen atoms in total. The summed E-state index contributed by atoms with van der Waals surface area (Å²) in [6.45, 7) is 3.32. The lowest BCUT2D eigenvalue weighted by Gasteiger charge is -2.09. The van der Waals surface area contributed by atoms with Gasteiger partial charge in [-0.3, -0.25) is 4.79 Å². The van der Waals surface area contributed by atoms with E-state index in [1.807, 2.05) is 12.1 Å². The Labute approximate surface area is 154 Å². The summed E-state index contributed by atoms with van der Waals surface area (Å²) < 4.78 is 10.5. The maximum absolute atomic E-state index is 12.3. The summed E-state index contributed by atoms with van der Waals surface area (Å²) in [4.78, 5) is 12.3. The zero-order chi connectivity index (χ0) is 16.8. The quantitative estimate of drug-likeness (QED) is 0.743. The van der Waals surface area contributed by atoms with Gasteiger partial charge in [0.25, 0.3) is 5.91 Å². The molecule has 0 saturated heterocycles. The predicted octanol–water partition coefficient (Wildman–Crippen LogP) is 2.67. The highest BCUT2D eigenvalue weighted by molar-refractivity contribution is 5.94. The first kappa shape index (κ1) is 19.2. The van der Waals surface area contributed by atoms with E-state index >= 15 is 0 Å². The summed E-state index contributed by atoms with van der Waals surface area (Å²) in [6, 6.07) is 13.5. The molecule has 25 heavy (non-hydrogen) atoms. The van der Waals surface area contributed by atoms with Gasteiger partial charge in [0.1, 0.15) is 12.4 Å².